The molecule has 0 aromatic heterocycles. The van der Waals surface area contributed by atoms with Crippen LogP contribution in [-0.2, 0) is 41.4 Å². The maximum absolute atomic E-state index is 14.1. The van der Waals surface area contributed by atoms with Crippen LogP contribution in [0.1, 0.15) is 136 Å². The fraction of sp³-hybridized carbons (Fsp3) is 0.455. The Hall–Kier alpha value is -4.92. The SMILES string of the molecule is CC(C)C(=O)OC(C)(C)C(=O)c1ccc(Cc2ccc(Cc3ccc(C(=O)C(C)(C)OC(=O)C(C)C)cc3)c(C(=O)C(C)(C)OC(=O)C(C)C)c2)cc1. The number of hydrogen-bond acceptors (Lipinski definition) is 9. The molecule has 0 aliphatic carbocycles. The first-order chi connectivity index (χ1) is 24.4. The molecule has 0 heterocycles. The third kappa shape index (κ3) is 11.0. The second-order valence-corrected chi connectivity index (χ2v) is 16.0. The minimum Gasteiger partial charge on any atom is -0.451 e. The van der Waals surface area contributed by atoms with Crippen LogP contribution in [0.2, 0.25) is 0 Å². The first kappa shape index (κ1) is 42.5. The fourth-order valence-corrected chi connectivity index (χ4v) is 5.37. The smallest absolute Gasteiger partial charge is 0.309 e. The number of Topliss-reactive ketones (excluding diaryl/α,β-unsaturated/α-hetero) is 3. The number of benzene rings is 3. The highest BCUT2D eigenvalue weighted by Crippen LogP contribution is 2.27. The van der Waals surface area contributed by atoms with Crippen LogP contribution < -0.4 is 0 Å². The van der Waals surface area contributed by atoms with Gasteiger partial charge >= 0.3 is 17.9 Å². The lowest BCUT2D eigenvalue weighted by Gasteiger charge is -2.26. The molecule has 0 aliphatic rings. The summed E-state index contributed by atoms with van der Waals surface area (Å²) >= 11 is 0. The summed E-state index contributed by atoms with van der Waals surface area (Å²) in [6.07, 6.45) is 0.796. The van der Waals surface area contributed by atoms with Gasteiger partial charge in [-0.05, 0) is 82.7 Å². The van der Waals surface area contributed by atoms with Crippen molar-refractivity contribution in [1.29, 1.82) is 0 Å². The van der Waals surface area contributed by atoms with E-state index in [-0.39, 0.29) is 29.2 Å². The number of ether oxygens (including phenoxy) is 3. The van der Waals surface area contributed by atoms with Gasteiger partial charge in [-0.1, -0.05) is 102 Å². The van der Waals surface area contributed by atoms with E-state index < -0.39 is 40.6 Å². The Morgan fingerprint density at radius 1 is 0.453 bits per heavy atom. The Kier molecular flexibility index (Phi) is 13.5. The summed E-state index contributed by atoms with van der Waals surface area (Å²) in [5.41, 5.74) is 0.325. The zero-order valence-corrected chi connectivity index (χ0v) is 33.2. The molecule has 0 N–H and O–H groups in total. The van der Waals surface area contributed by atoms with Crippen molar-refractivity contribution >= 4 is 35.3 Å². The summed E-state index contributed by atoms with van der Waals surface area (Å²) in [6.45, 7) is 19.7. The molecule has 0 fully saturated rings. The number of esters is 3. The molecule has 0 unspecified atom stereocenters. The zero-order valence-electron chi connectivity index (χ0n) is 33.2. The van der Waals surface area contributed by atoms with Gasteiger partial charge < -0.3 is 14.2 Å². The maximum atomic E-state index is 14.1. The van der Waals surface area contributed by atoms with Crippen LogP contribution in [0.25, 0.3) is 0 Å². The van der Waals surface area contributed by atoms with Gasteiger partial charge in [-0.3, -0.25) is 28.8 Å². The van der Waals surface area contributed by atoms with Crippen molar-refractivity contribution in [2.24, 2.45) is 17.8 Å². The third-order valence-electron chi connectivity index (χ3n) is 8.78. The Bertz CT molecular complexity index is 1840. The number of carbonyl (C=O) groups excluding carboxylic acids is 6. The van der Waals surface area contributed by atoms with Crippen molar-refractivity contribution in [2.75, 3.05) is 0 Å². The molecule has 284 valence electrons. The Morgan fingerprint density at radius 2 is 0.774 bits per heavy atom. The van der Waals surface area contributed by atoms with Gasteiger partial charge in [0, 0.05) is 16.7 Å². The summed E-state index contributed by atoms with van der Waals surface area (Å²) in [5.74, 6) is -3.55. The molecule has 0 saturated heterocycles. The number of hydrogen-bond donors (Lipinski definition) is 0. The van der Waals surface area contributed by atoms with Crippen LogP contribution in [0, 0.1) is 17.8 Å². The van der Waals surface area contributed by atoms with Gasteiger partial charge in [0.25, 0.3) is 0 Å². The molecule has 0 amide bonds. The van der Waals surface area contributed by atoms with Gasteiger partial charge in [-0.2, -0.15) is 0 Å². The summed E-state index contributed by atoms with van der Waals surface area (Å²) in [7, 11) is 0. The lowest BCUT2D eigenvalue weighted by molar-refractivity contribution is -0.157. The Morgan fingerprint density at radius 3 is 1.13 bits per heavy atom. The molecule has 53 heavy (non-hydrogen) atoms. The summed E-state index contributed by atoms with van der Waals surface area (Å²) in [4.78, 5) is 77.5. The molecule has 0 saturated carbocycles. The van der Waals surface area contributed by atoms with Gasteiger partial charge in [0.2, 0.25) is 17.3 Å². The monoisotopic (exact) mass is 726 g/mol. The topological polar surface area (TPSA) is 130 Å². The van der Waals surface area contributed by atoms with Crippen LogP contribution >= 0.6 is 0 Å². The van der Waals surface area contributed by atoms with Gasteiger partial charge in [0.1, 0.15) is 0 Å². The summed E-state index contributed by atoms with van der Waals surface area (Å²) in [5, 5.41) is 0. The molecule has 0 bridgehead atoms. The second-order valence-electron chi connectivity index (χ2n) is 16.0. The summed E-state index contributed by atoms with van der Waals surface area (Å²) < 4.78 is 16.6. The van der Waals surface area contributed by atoms with Crippen LogP contribution in [0.15, 0.2) is 66.7 Å². The number of rotatable bonds is 16. The van der Waals surface area contributed by atoms with E-state index in [4.69, 9.17) is 14.2 Å². The lowest BCUT2D eigenvalue weighted by Crippen LogP contribution is -2.39. The predicted molar refractivity (Wildman–Crippen MR) is 203 cm³/mol. The average molecular weight is 727 g/mol. The van der Waals surface area contributed by atoms with E-state index in [9.17, 15) is 28.8 Å². The molecule has 0 atom stereocenters. The normalized spacial score (nSPS) is 12.1. The zero-order chi connectivity index (χ0) is 40.1. The average Bonchev–Trinajstić information content (AvgIpc) is 3.07. The van der Waals surface area contributed by atoms with E-state index >= 15 is 0 Å². The van der Waals surface area contributed by atoms with Crippen molar-refractivity contribution in [3.63, 3.8) is 0 Å². The first-order valence-electron chi connectivity index (χ1n) is 18.1. The molecular formula is C44H54O9. The van der Waals surface area contributed by atoms with E-state index in [2.05, 4.69) is 0 Å². The Labute approximate surface area is 313 Å². The van der Waals surface area contributed by atoms with Crippen molar-refractivity contribution in [3.8, 4) is 0 Å². The molecule has 3 aromatic carbocycles. The van der Waals surface area contributed by atoms with Crippen LogP contribution in [-0.4, -0.2) is 52.1 Å². The fourth-order valence-electron chi connectivity index (χ4n) is 5.37. The second kappa shape index (κ2) is 16.8. The van der Waals surface area contributed by atoms with Crippen molar-refractivity contribution in [1.82, 2.24) is 0 Å². The molecule has 3 aromatic rings. The lowest BCUT2D eigenvalue weighted by atomic mass is 9.87. The van der Waals surface area contributed by atoms with Crippen molar-refractivity contribution < 1.29 is 43.0 Å². The third-order valence-corrected chi connectivity index (χ3v) is 8.78. The van der Waals surface area contributed by atoms with E-state index in [0.29, 0.717) is 35.1 Å². The summed E-state index contributed by atoms with van der Waals surface area (Å²) in [6, 6.07) is 19.6. The predicted octanol–water partition coefficient (Wildman–Crippen LogP) is 8.35. The minimum absolute atomic E-state index is 0.316. The van der Waals surface area contributed by atoms with E-state index in [1.807, 2.05) is 24.3 Å². The number of ketones is 3. The van der Waals surface area contributed by atoms with Crippen LogP contribution in [0.3, 0.4) is 0 Å². The van der Waals surface area contributed by atoms with Gasteiger partial charge in [0.05, 0.1) is 17.8 Å². The number of carbonyl (C=O) groups is 6. The maximum Gasteiger partial charge on any atom is 0.309 e. The molecule has 0 spiro atoms. The minimum atomic E-state index is -1.45. The molecule has 0 aliphatic heterocycles. The van der Waals surface area contributed by atoms with Crippen LogP contribution in [0.5, 0.6) is 0 Å². The van der Waals surface area contributed by atoms with Gasteiger partial charge in [-0.15, -0.1) is 0 Å². The van der Waals surface area contributed by atoms with Crippen LogP contribution in [0.4, 0.5) is 0 Å². The Balaban J connectivity index is 1.92. The standard InChI is InChI=1S/C44H54O9/c1-26(2)39(48)51-42(7,8)36(45)32-18-13-29(14-19-32)23-31-17-22-34(35(25-31)38(47)44(11,12)53-41(50)28(5)6)24-30-15-20-33(21-16-30)37(46)43(9,10)52-40(49)27(3)4/h13-22,25-28H,23-24H2,1-12H3. The molecular weight excluding hydrogens is 672 g/mol. The highest BCUT2D eigenvalue weighted by Gasteiger charge is 2.36. The molecule has 0 radical (unpaired) electrons. The molecule has 9 nitrogen and oxygen atoms in total. The van der Waals surface area contributed by atoms with E-state index in [1.54, 1.807) is 126 Å². The largest absolute Gasteiger partial charge is 0.451 e. The van der Waals surface area contributed by atoms with Crippen molar-refractivity contribution in [2.45, 2.75) is 113 Å². The van der Waals surface area contributed by atoms with Gasteiger partial charge in [-0.25, -0.2) is 0 Å². The molecule has 9 heteroatoms. The van der Waals surface area contributed by atoms with E-state index in [1.165, 1.54) is 0 Å². The first-order valence-corrected chi connectivity index (χ1v) is 18.1. The van der Waals surface area contributed by atoms with Gasteiger partial charge in [0.15, 0.2) is 16.8 Å². The highest BCUT2D eigenvalue weighted by atomic mass is 16.6. The quantitative estimate of drug-likeness (QED) is 0.0812. The van der Waals surface area contributed by atoms with Crippen molar-refractivity contribution in [3.05, 3.63) is 106 Å². The highest BCUT2D eigenvalue weighted by molar-refractivity contribution is 6.05. The van der Waals surface area contributed by atoms with E-state index in [0.717, 1.165) is 16.7 Å². The molecule has 3 rings (SSSR count).